The number of hydrogen-bond acceptors (Lipinski definition) is 3. The molecule has 1 heterocycles. The lowest BCUT2D eigenvalue weighted by Gasteiger charge is -2.25. The zero-order valence-electron chi connectivity index (χ0n) is 16.6. The Balaban J connectivity index is 1.84. The summed E-state index contributed by atoms with van der Waals surface area (Å²) in [5.41, 5.74) is 4.08. The molecule has 3 aromatic rings. The maximum Gasteiger partial charge on any atom is 0.224 e. The first-order chi connectivity index (χ1) is 13.7. The van der Waals surface area contributed by atoms with Gasteiger partial charge in [-0.05, 0) is 36.6 Å². The molecule has 0 unspecified atom stereocenters. The third-order valence-electron chi connectivity index (χ3n) is 4.58. The van der Waals surface area contributed by atoms with Crippen LogP contribution in [0.1, 0.15) is 36.6 Å². The summed E-state index contributed by atoms with van der Waals surface area (Å²) < 4.78 is 0. The Labute approximate surface area is 167 Å². The van der Waals surface area contributed by atoms with E-state index in [1.807, 2.05) is 38.1 Å². The highest BCUT2D eigenvalue weighted by molar-refractivity contribution is 5.91. The van der Waals surface area contributed by atoms with Crippen molar-refractivity contribution in [3.05, 3.63) is 89.6 Å². The zero-order chi connectivity index (χ0) is 19.8. The largest absolute Gasteiger partial charge is 0.348 e. The first kappa shape index (κ1) is 19.6. The van der Waals surface area contributed by atoms with Crippen molar-refractivity contribution in [1.82, 2.24) is 4.98 Å². The van der Waals surface area contributed by atoms with Crippen LogP contribution in [0.3, 0.4) is 0 Å². The highest BCUT2D eigenvalue weighted by Gasteiger charge is 2.12. The van der Waals surface area contributed by atoms with Gasteiger partial charge in [-0.3, -0.25) is 4.79 Å². The lowest BCUT2D eigenvalue weighted by molar-refractivity contribution is -0.116. The van der Waals surface area contributed by atoms with Crippen molar-refractivity contribution >= 4 is 17.4 Å². The van der Waals surface area contributed by atoms with Crippen molar-refractivity contribution in [3.8, 4) is 0 Å². The minimum atomic E-state index is 0.0329. The van der Waals surface area contributed by atoms with Crippen molar-refractivity contribution in [2.75, 3.05) is 10.2 Å². The molecular weight excluding hydrogens is 346 g/mol. The fraction of sp³-hybridized carbons (Fsp3) is 0.250. The monoisotopic (exact) mass is 373 g/mol. The Morgan fingerprint density at radius 1 is 0.893 bits per heavy atom. The quantitative estimate of drug-likeness (QED) is 0.580. The summed E-state index contributed by atoms with van der Waals surface area (Å²) in [6.45, 7) is 5.47. The van der Waals surface area contributed by atoms with Gasteiger partial charge in [0.2, 0.25) is 5.91 Å². The van der Waals surface area contributed by atoms with Gasteiger partial charge in [0.1, 0.15) is 5.82 Å². The minimum Gasteiger partial charge on any atom is -0.348 e. The molecule has 0 aliphatic rings. The summed E-state index contributed by atoms with van der Waals surface area (Å²) in [4.78, 5) is 19.0. The molecule has 1 amide bonds. The second-order valence-electron chi connectivity index (χ2n) is 6.93. The molecule has 0 aliphatic carbocycles. The second kappa shape index (κ2) is 9.70. The molecule has 0 saturated heterocycles. The van der Waals surface area contributed by atoms with E-state index in [0.717, 1.165) is 36.7 Å². The van der Waals surface area contributed by atoms with Gasteiger partial charge in [-0.1, -0.05) is 67.6 Å². The maximum atomic E-state index is 11.9. The summed E-state index contributed by atoms with van der Waals surface area (Å²) in [6.07, 6.45) is 1.35. The summed E-state index contributed by atoms with van der Waals surface area (Å²) in [7, 11) is 0. The summed E-state index contributed by atoms with van der Waals surface area (Å²) >= 11 is 0. The summed E-state index contributed by atoms with van der Waals surface area (Å²) in [5.74, 6) is 0.935. The Hall–Kier alpha value is -3.14. The van der Waals surface area contributed by atoms with Crippen LogP contribution in [0.5, 0.6) is 0 Å². The number of aryl methyl sites for hydroxylation is 1. The number of aromatic nitrogens is 1. The lowest BCUT2D eigenvalue weighted by Crippen LogP contribution is -2.23. The van der Waals surface area contributed by atoms with Crippen LogP contribution in [-0.4, -0.2) is 10.9 Å². The van der Waals surface area contributed by atoms with Crippen molar-refractivity contribution < 1.29 is 4.79 Å². The van der Waals surface area contributed by atoms with Crippen LogP contribution in [0, 0.1) is 6.92 Å². The molecule has 144 valence electrons. The first-order valence-electron chi connectivity index (χ1n) is 9.76. The van der Waals surface area contributed by atoms with Crippen molar-refractivity contribution in [2.45, 2.75) is 39.8 Å². The average molecular weight is 374 g/mol. The smallest absolute Gasteiger partial charge is 0.224 e. The number of anilines is 2. The van der Waals surface area contributed by atoms with Gasteiger partial charge in [0.15, 0.2) is 0 Å². The lowest BCUT2D eigenvalue weighted by atomic mass is 10.1. The Bertz CT molecular complexity index is 853. The molecule has 1 N–H and O–H groups in total. The first-order valence-corrected chi connectivity index (χ1v) is 9.76. The Kier molecular flexibility index (Phi) is 6.79. The van der Waals surface area contributed by atoms with E-state index in [9.17, 15) is 4.79 Å². The van der Waals surface area contributed by atoms with E-state index >= 15 is 0 Å². The van der Waals surface area contributed by atoms with Gasteiger partial charge in [0.25, 0.3) is 0 Å². The number of nitrogens with zero attached hydrogens (tertiary/aromatic N) is 2. The molecule has 0 spiro atoms. The molecule has 4 heteroatoms. The van der Waals surface area contributed by atoms with Crippen LogP contribution in [0.25, 0.3) is 0 Å². The fourth-order valence-corrected chi connectivity index (χ4v) is 3.12. The third kappa shape index (κ3) is 5.43. The number of hydrogen-bond donors (Lipinski definition) is 1. The Morgan fingerprint density at radius 2 is 1.46 bits per heavy atom. The van der Waals surface area contributed by atoms with Crippen LogP contribution in [0.4, 0.5) is 11.5 Å². The number of rotatable bonds is 8. The predicted octanol–water partition coefficient (Wildman–Crippen LogP) is 5.34. The molecule has 0 atom stereocenters. The van der Waals surface area contributed by atoms with Gasteiger partial charge >= 0.3 is 0 Å². The topological polar surface area (TPSA) is 45.2 Å². The third-order valence-corrected chi connectivity index (χ3v) is 4.58. The van der Waals surface area contributed by atoms with Crippen LogP contribution in [0.2, 0.25) is 0 Å². The van der Waals surface area contributed by atoms with E-state index in [0.29, 0.717) is 6.42 Å². The maximum absolute atomic E-state index is 11.9. The van der Waals surface area contributed by atoms with Gasteiger partial charge in [-0.2, -0.15) is 0 Å². The van der Waals surface area contributed by atoms with E-state index in [2.05, 4.69) is 58.7 Å². The molecule has 0 radical (unpaired) electrons. The zero-order valence-corrected chi connectivity index (χ0v) is 16.6. The predicted molar refractivity (Wildman–Crippen MR) is 115 cm³/mol. The van der Waals surface area contributed by atoms with E-state index in [1.165, 1.54) is 11.1 Å². The summed E-state index contributed by atoms with van der Waals surface area (Å²) in [5, 5.41) is 2.96. The summed E-state index contributed by atoms with van der Waals surface area (Å²) in [6, 6.07) is 24.7. The number of pyridine rings is 1. The van der Waals surface area contributed by atoms with E-state index in [1.54, 1.807) is 0 Å². The molecule has 0 fully saturated rings. The standard InChI is InChI=1S/C24H27N3O/c1-3-10-24(28)26-22-15-16-23(25-19(22)2)27(17-20-11-6-4-7-12-20)18-21-13-8-5-9-14-21/h4-9,11-16H,3,10,17-18H2,1-2H3,(H,26,28). The van der Waals surface area contributed by atoms with Crippen molar-refractivity contribution in [1.29, 1.82) is 0 Å². The highest BCUT2D eigenvalue weighted by atomic mass is 16.1. The molecule has 3 rings (SSSR count). The van der Waals surface area contributed by atoms with E-state index in [-0.39, 0.29) is 5.91 Å². The SMILES string of the molecule is CCCC(=O)Nc1ccc(N(Cc2ccccc2)Cc2ccccc2)nc1C. The van der Waals surface area contributed by atoms with Crippen LogP contribution in [-0.2, 0) is 17.9 Å². The highest BCUT2D eigenvalue weighted by Crippen LogP contribution is 2.22. The number of carbonyl (C=O) groups excluding carboxylic acids is 1. The Morgan fingerprint density at radius 3 is 1.96 bits per heavy atom. The molecule has 0 saturated carbocycles. The second-order valence-corrected chi connectivity index (χ2v) is 6.93. The molecule has 1 aromatic heterocycles. The van der Waals surface area contributed by atoms with Crippen molar-refractivity contribution in [3.63, 3.8) is 0 Å². The molecular formula is C24H27N3O. The average Bonchev–Trinajstić information content (AvgIpc) is 2.71. The molecule has 4 nitrogen and oxygen atoms in total. The molecule has 0 aliphatic heterocycles. The molecule has 0 bridgehead atoms. The minimum absolute atomic E-state index is 0.0329. The molecule has 2 aromatic carbocycles. The number of amides is 1. The number of benzene rings is 2. The van der Waals surface area contributed by atoms with E-state index in [4.69, 9.17) is 4.98 Å². The van der Waals surface area contributed by atoms with Gasteiger partial charge < -0.3 is 10.2 Å². The van der Waals surface area contributed by atoms with Crippen LogP contribution in [0.15, 0.2) is 72.8 Å². The van der Waals surface area contributed by atoms with Gasteiger partial charge in [-0.15, -0.1) is 0 Å². The van der Waals surface area contributed by atoms with Gasteiger partial charge in [0.05, 0.1) is 11.4 Å². The molecule has 28 heavy (non-hydrogen) atoms. The number of nitrogens with one attached hydrogen (secondary N) is 1. The van der Waals surface area contributed by atoms with Crippen LogP contribution >= 0.6 is 0 Å². The number of carbonyl (C=O) groups is 1. The van der Waals surface area contributed by atoms with E-state index < -0.39 is 0 Å². The van der Waals surface area contributed by atoms with Crippen LogP contribution < -0.4 is 10.2 Å². The fourth-order valence-electron chi connectivity index (χ4n) is 3.12. The van der Waals surface area contributed by atoms with Gasteiger partial charge in [0, 0.05) is 19.5 Å². The van der Waals surface area contributed by atoms with Gasteiger partial charge in [-0.25, -0.2) is 4.98 Å². The van der Waals surface area contributed by atoms with Crippen molar-refractivity contribution in [2.24, 2.45) is 0 Å². The normalized spacial score (nSPS) is 10.5.